The number of thioether (sulfide) groups is 1. The lowest BCUT2D eigenvalue weighted by molar-refractivity contribution is -0.144. The summed E-state index contributed by atoms with van der Waals surface area (Å²) in [5.41, 5.74) is 5.09. The first-order valence-corrected chi connectivity index (χ1v) is 5.84. The molecule has 3 N–H and O–H groups in total. The summed E-state index contributed by atoms with van der Waals surface area (Å²) in [5.74, 6) is 1.53. The highest BCUT2D eigenvalue weighted by Crippen LogP contribution is 2.69. The number of aliphatic carboxylic acids is 1. The van der Waals surface area contributed by atoms with Crippen LogP contribution in [0.25, 0.3) is 0 Å². The van der Waals surface area contributed by atoms with Crippen molar-refractivity contribution in [2.24, 2.45) is 16.6 Å². The highest BCUT2D eigenvalue weighted by Gasteiger charge is 2.70. The van der Waals surface area contributed by atoms with Crippen molar-refractivity contribution in [2.75, 3.05) is 18.1 Å². The van der Waals surface area contributed by atoms with Crippen LogP contribution in [0.5, 0.6) is 0 Å². The lowest BCUT2D eigenvalue weighted by Crippen LogP contribution is -2.33. The zero-order valence-corrected chi connectivity index (χ0v) is 8.40. The first-order valence-electron chi connectivity index (χ1n) is 4.68. The van der Waals surface area contributed by atoms with E-state index in [0.29, 0.717) is 6.54 Å². The third-order valence-electron chi connectivity index (χ3n) is 3.74. The number of rotatable bonds is 2. The molecule has 2 aliphatic rings. The van der Waals surface area contributed by atoms with Gasteiger partial charge in [-0.1, -0.05) is 0 Å². The molecule has 2 fully saturated rings. The second-order valence-electron chi connectivity index (χ2n) is 4.16. The number of carbonyl (C=O) groups is 1. The Hall–Kier alpha value is -0.220. The Bertz CT molecular complexity index is 238. The molecule has 13 heavy (non-hydrogen) atoms. The van der Waals surface area contributed by atoms with E-state index in [1.807, 2.05) is 11.8 Å². The summed E-state index contributed by atoms with van der Waals surface area (Å²) in [6, 6.07) is 0. The fraction of sp³-hybridized carbons (Fsp3) is 0.889. The smallest absolute Gasteiger partial charge is 0.311 e. The largest absolute Gasteiger partial charge is 0.481 e. The van der Waals surface area contributed by atoms with Crippen LogP contribution < -0.4 is 5.73 Å². The van der Waals surface area contributed by atoms with Crippen LogP contribution in [0.3, 0.4) is 0 Å². The second kappa shape index (κ2) is 2.89. The Labute approximate surface area is 82.1 Å². The van der Waals surface area contributed by atoms with Crippen molar-refractivity contribution < 1.29 is 9.90 Å². The molecule has 74 valence electrons. The van der Waals surface area contributed by atoms with E-state index in [0.717, 1.165) is 30.8 Å². The van der Waals surface area contributed by atoms with Gasteiger partial charge in [-0.05, 0) is 36.2 Å². The van der Waals surface area contributed by atoms with Crippen molar-refractivity contribution in [3.63, 3.8) is 0 Å². The second-order valence-corrected chi connectivity index (χ2v) is 5.39. The Balaban J connectivity index is 2.15. The van der Waals surface area contributed by atoms with Crippen LogP contribution in [0.4, 0.5) is 0 Å². The van der Waals surface area contributed by atoms with E-state index in [1.54, 1.807) is 0 Å². The molecular weight excluding hydrogens is 186 g/mol. The molecule has 0 amide bonds. The summed E-state index contributed by atoms with van der Waals surface area (Å²) in [6.45, 7) is 0.312. The molecule has 0 radical (unpaired) electrons. The van der Waals surface area contributed by atoms with Gasteiger partial charge in [-0.25, -0.2) is 0 Å². The van der Waals surface area contributed by atoms with Gasteiger partial charge in [0.05, 0.1) is 5.41 Å². The minimum Gasteiger partial charge on any atom is -0.481 e. The monoisotopic (exact) mass is 201 g/mol. The van der Waals surface area contributed by atoms with Gasteiger partial charge >= 0.3 is 5.97 Å². The van der Waals surface area contributed by atoms with Crippen molar-refractivity contribution in [1.29, 1.82) is 0 Å². The molecule has 1 heterocycles. The molecule has 1 saturated heterocycles. The van der Waals surface area contributed by atoms with Gasteiger partial charge in [0, 0.05) is 6.54 Å². The molecule has 1 saturated carbocycles. The molecule has 0 aromatic heterocycles. The minimum absolute atomic E-state index is 0.0683. The summed E-state index contributed by atoms with van der Waals surface area (Å²) in [6.07, 6.45) is 2.90. The Morgan fingerprint density at radius 3 is 2.46 bits per heavy atom. The van der Waals surface area contributed by atoms with Crippen LogP contribution in [0.15, 0.2) is 0 Å². The van der Waals surface area contributed by atoms with Crippen LogP contribution in [0.1, 0.15) is 19.3 Å². The molecule has 4 heteroatoms. The first-order chi connectivity index (χ1) is 6.17. The van der Waals surface area contributed by atoms with Crippen molar-refractivity contribution in [1.82, 2.24) is 0 Å². The van der Waals surface area contributed by atoms with Crippen molar-refractivity contribution in [3.05, 3.63) is 0 Å². The van der Waals surface area contributed by atoms with Gasteiger partial charge in [0.15, 0.2) is 0 Å². The van der Waals surface area contributed by atoms with Crippen LogP contribution in [-0.2, 0) is 4.79 Å². The molecule has 0 aromatic rings. The van der Waals surface area contributed by atoms with E-state index < -0.39 is 11.4 Å². The molecular formula is C9H15NO2S. The topological polar surface area (TPSA) is 63.3 Å². The van der Waals surface area contributed by atoms with Crippen LogP contribution in [-0.4, -0.2) is 29.1 Å². The molecule has 0 aromatic carbocycles. The molecule has 1 atom stereocenters. The summed E-state index contributed by atoms with van der Waals surface area (Å²) in [4.78, 5) is 11.1. The molecule has 1 aliphatic heterocycles. The maximum Gasteiger partial charge on any atom is 0.311 e. The highest BCUT2D eigenvalue weighted by atomic mass is 32.2. The standard InChI is InChI=1S/C9H15NO2S/c10-6-9(7(11)12)5-8(9)1-3-13-4-2-8/h1-6,10H2,(H,11,12). The maximum atomic E-state index is 11.1. The number of carboxylic acid groups (broad SMARTS) is 1. The summed E-state index contributed by atoms with van der Waals surface area (Å²) >= 11 is 1.93. The van der Waals surface area contributed by atoms with E-state index >= 15 is 0 Å². The quantitative estimate of drug-likeness (QED) is 0.697. The summed E-state index contributed by atoms with van der Waals surface area (Å²) in [5, 5.41) is 9.13. The minimum atomic E-state index is -0.679. The molecule has 0 bridgehead atoms. The number of hydrogen-bond donors (Lipinski definition) is 2. The molecule has 3 nitrogen and oxygen atoms in total. The van der Waals surface area contributed by atoms with E-state index in [2.05, 4.69) is 0 Å². The van der Waals surface area contributed by atoms with Gasteiger partial charge in [-0.15, -0.1) is 0 Å². The van der Waals surface area contributed by atoms with Gasteiger partial charge in [-0.3, -0.25) is 4.79 Å². The molecule has 1 spiro atoms. The number of nitrogens with two attached hydrogens (primary N) is 1. The third kappa shape index (κ3) is 1.12. The SMILES string of the molecule is NCC1(C(=O)O)CC12CCSCC2. The molecule has 2 rings (SSSR count). The summed E-state index contributed by atoms with van der Waals surface area (Å²) in [7, 11) is 0. The highest BCUT2D eigenvalue weighted by molar-refractivity contribution is 7.99. The van der Waals surface area contributed by atoms with Crippen LogP contribution >= 0.6 is 11.8 Å². The van der Waals surface area contributed by atoms with Gasteiger partial charge < -0.3 is 10.8 Å². The van der Waals surface area contributed by atoms with Crippen LogP contribution in [0, 0.1) is 10.8 Å². The van der Waals surface area contributed by atoms with E-state index in [4.69, 9.17) is 10.8 Å². The Morgan fingerprint density at radius 2 is 2.08 bits per heavy atom. The van der Waals surface area contributed by atoms with Gasteiger partial charge in [0.25, 0.3) is 0 Å². The maximum absolute atomic E-state index is 11.1. The molecule has 1 aliphatic carbocycles. The predicted octanol–water partition coefficient (Wildman–Crippen LogP) is 0.933. The van der Waals surface area contributed by atoms with Gasteiger partial charge in [0.1, 0.15) is 0 Å². The van der Waals surface area contributed by atoms with E-state index in [1.165, 1.54) is 0 Å². The third-order valence-corrected chi connectivity index (χ3v) is 4.72. The Kier molecular flexibility index (Phi) is 2.07. The van der Waals surface area contributed by atoms with Crippen molar-refractivity contribution in [2.45, 2.75) is 19.3 Å². The fourth-order valence-electron chi connectivity index (χ4n) is 2.63. The lowest BCUT2D eigenvalue weighted by Gasteiger charge is -2.25. The first kappa shape index (κ1) is 9.34. The zero-order chi connectivity index (χ0) is 9.53. The van der Waals surface area contributed by atoms with E-state index in [9.17, 15) is 4.79 Å². The zero-order valence-electron chi connectivity index (χ0n) is 7.58. The Morgan fingerprint density at radius 1 is 1.46 bits per heavy atom. The normalized spacial score (nSPS) is 36.1. The fourth-order valence-corrected chi connectivity index (χ4v) is 3.90. The van der Waals surface area contributed by atoms with Crippen LogP contribution in [0.2, 0.25) is 0 Å². The van der Waals surface area contributed by atoms with Gasteiger partial charge in [0.2, 0.25) is 0 Å². The number of carboxylic acids is 1. The predicted molar refractivity (Wildman–Crippen MR) is 52.7 cm³/mol. The van der Waals surface area contributed by atoms with Gasteiger partial charge in [-0.2, -0.15) is 11.8 Å². The van der Waals surface area contributed by atoms with Crippen molar-refractivity contribution >= 4 is 17.7 Å². The molecule has 1 unspecified atom stereocenters. The average molecular weight is 201 g/mol. The number of hydrogen-bond acceptors (Lipinski definition) is 3. The van der Waals surface area contributed by atoms with Crippen molar-refractivity contribution in [3.8, 4) is 0 Å². The summed E-state index contributed by atoms with van der Waals surface area (Å²) < 4.78 is 0. The average Bonchev–Trinajstić information content (AvgIpc) is 2.76. The lowest BCUT2D eigenvalue weighted by atomic mass is 9.87. The van der Waals surface area contributed by atoms with E-state index in [-0.39, 0.29) is 5.41 Å².